The maximum atomic E-state index is 12.4. The minimum atomic E-state index is -0.678. The van der Waals surface area contributed by atoms with Crippen molar-refractivity contribution in [2.24, 2.45) is 7.05 Å². The van der Waals surface area contributed by atoms with E-state index in [9.17, 15) is 14.4 Å². The predicted octanol–water partition coefficient (Wildman–Crippen LogP) is 1.88. The zero-order valence-electron chi connectivity index (χ0n) is 15.1. The van der Waals surface area contributed by atoms with Crippen molar-refractivity contribution >= 4 is 11.8 Å². The molecule has 1 aromatic heterocycles. The summed E-state index contributed by atoms with van der Waals surface area (Å²) >= 11 is 0. The summed E-state index contributed by atoms with van der Waals surface area (Å²) in [4.78, 5) is 38.5. The molecule has 8 nitrogen and oxygen atoms in total. The molecule has 0 fully saturated rings. The van der Waals surface area contributed by atoms with Crippen molar-refractivity contribution in [1.82, 2.24) is 14.9 Å². The van der Waals surface area contributed by atoms with Crippen molar-refractivity contribution < 1.29 is 9.53 Å². The second kappa shape index (κ2) is 7.07. The zero-order valence-corrected chi connectivity index (χ0v) is 15.1. The summed E-state index contributed by atoms with van der Waals surface area (Å²) in [6.07, 6.45) is 0. The molecule has 0 unspecified atom stereocenters. The van der Waals surface area contributed by atoms with Gasteiger partial charge in [-0.05, 0) is 23.3 Å². The first-order valence-electron chi connectivity index (χ1n) is 8.70. The largest absolute Gasteiger partial charge is 0.489 e. The number of ether oxygens (including phenoxy) is 1. The maximum absolute atomic E-state index is 12.4. The van der Waals surface area contributed by atoms with Crippen molar-refractivity contribution in [3.63, 3.8) is 0 Å². The Balaban J connectivity index is 1.62. The standard InChI is InChI=1S/C20H18N4O4/c1-24-17-15(18(25)23-20(24)27)16(21-19(26)22-17)13-7-9-14(10-8-13)28-11-12-5-3-2-4-6-12/h2-10,16H,11H2,1H3,(H2,21,22,26)(H,23,25,27)/t16-/m0/s1. The van der Waals surface area contributed by atoms with Gasteiger partial charge in [-0.3, -0.25) is 19.7 Å². The van der Waals surface area contributed by atoms with E-state index in [0.717, 1.165) is 5.56 Å². The van der Waals surface area contributed by atoms with Gasteiger partial charge in [0.05, 0.1) is 11.6 Å². The van der Waals surface area contributed by atoms with E-state index in [1.165, 1.54) is 11.6 Å². The molecule has 1 atom stereocenters. The number of nitrogens with zero attached hydrogens (tertiary/aromatic N) is 1. The summed E-state index contributed by atoms with van der Waals surface area (Å²) in [7, 11) is 1.49. The number of H-pyrrole nitrogens is 1. The highest BCUT2D eigenvalue weighted by atomic mass is 16.5. The van der Waals surface area contributed by atoms with Crippen molar-refractivity contribution in [3.8, 4) is 5.75 Å². The van der Waals surface area contributed by atoms with Gasteiger partial charge in [0.25, 0.3) is 5.56 Å². The quantitative estimate of drug-likeness (QED) is 0.645. The molecular weight excluding hydrogens is 360 g/mol. The summed E-state index contributed by atoms with van der Waals surface area (Å²) in [5.41, 5.74) is 0.903. The van der Waals surface area contributed by atoms with Crippen molar-refractivity contribution in [2.75, 3.05) is 5.32 Å². The number of benzene rings is 2. The lowest BCUT2D eigenvalue weighted by Gasteiger charge is -2.27. The Morgan fingerprint density at radius 2 is 1.71 bits per heavy atom. The van der Waals surface area contributed by atoms with Crippen LogP contribution in [0.2, 0.25) is 0 Å². The first kappa shape index (κ1) is 17.6. The van der Waals surface area contributed by atoms with Crippen molar-refractivity contribution in [3.05, 3.63) is 92.1 Å². The Morgan fingerprint density at radius 3 is 2.43 bits per heavy atom. The molecule has 2 heterocycles. The average molecular weight is 378 g/mol. The number of hydrogen-bond donors (Lipinski definition) is 3. The van der Waals surface area contributed by atoms with E-state index in [1.807, 2.05) is 30.3 Å². The molecule has 0 spiro atoms. The van der Waals surface area contributed by atoms with Crippen LogP contribution >= 0.6 is 0 Å². The fourth-order valence-corrected chi connectivity index (χ4v) is 3.15. The summed E-state index contributed by atoms with van der Waals surface area (Å²) < 4.78 is 6.98. The third-order valence-corrected chi connectivity index (χ3v) is 4.62. The van der Waals surface area contributed by atoms with Gasteiger partial charge < -0.3 is 10.1 Å². The molecule has 4 rings (SSSR count). The highest BCUT2D eigenvalue weighted by molar-refractivity contribution is 5.92. The topological polar surface area (TPSA) is 105 Å². The van der Waals surface area contributed by atoms with E-state index >= 15 is 0 Å². The summed E-state index contributed by atoms with van der Waals surface area (Å²) in [6.45, 7) is 0.439. The molecule has 8 heteroatoms. The number of fused-ring (bicyclic) bond motifs is 1. The molecule has 2 aromatic carbocycles. The number of aromatic amines is 1. The molecule has 28 heavy (non-hydrogen) atoms. The zero-order chi connectivity index (χ0) is 19.7. The van der Waals surface area contributed by atoms with Gasteiger partial charge in [0.15, 0.2) is 0 Å². The molecule has 142 valence electrons. The fourth-order valence-electron chi connectivity index (χ4n) is 3.15. The van der Waals surface area contributed by atoms with Gasteiger partial charge in [0, 0.05) is 7.05 Å². The Bertz CT molecular complexity index is 1130. The van der Waals surface area contributed by atoms with Crippen molar-refractivity contribution in [2.45, 2.75) is 12.6 Å². The number of nitrogens with one attached hydrogen (secondary N) is 3. The Morgan fingerprint density at radius 1 is 1.00 bits per heavy atom. The number of rotatable bonds is 4. The number of carbonyl (C=O) groups is 1. The van der Waals surface area contributed by atoms with Gasteiger partial charge in [-0.15, -0.1) is 0 Å². The van der Waals surface area contributed by atoms with Crippen LogP contribution in [0.4, 0.5) is 10.6 Å². The van der Waals surface area contributed by atoms with Crippen LogP contribution in [-0.4, -0.2) is 15.6 Å². The SMILES string of the molecule is Cn1c2c(c(=O)[nH]c1=O)[C@H](c1ccc(OCc3ccccc3)cc1)NC(=O)N2. The molecule has 3 N–H and O–H groups in total. The van der Waals surface area contributed by atoms with Crippen LogP contribution in [0.5, 0.6) is 5.75 Å². The van der Waals surface area contributed by atoms with E-state index < -0.39 is 23.3 Å². The van der Waals surface area contributed by atoms with Gasteiger partial charge in [0.1, 0.15) is 18.2 Å². The molecular formula is C20H18N4O4. The molecule has 0 bridgehead atoms. The van der Waals surface area contributed by atoms with Crippen LogP contribution in [0, 0.1) is 0 Å². The summed E-state index contributed by atoms with van der Waals surface area (Å²) in [5, 5.41) is 5.26. The molecule has 1 aliphatic heterocycles. The lowest BCUT2D eigenvalue weighted by Crippen LogP contribution is -2.46. The van der Waals surface area contributed by atoms with E-state index in [4.69, 9.17) is 4.74 Å². The van der Waals surface area contributed by atoms with Crippen LogP contribution in [0.1, 0.15) is 22.7 Å². The normalized spacial score (nSPS) is 15.3. The summed E-state index contributed by atoms with van der Waals surface area (Å²) in [5.74, 6) is 0.856. The van der Waals surface area contributed by atoms with E-state index in [0.29, 0.717) is 17.9 Å². The van der Waals surface area contributed by atoms with Gasteiger partial charge in [-0.25, -0.2) is 9.59 Å². The third-order valence-electron chi connectivity index (χ3n) is 4.62. The number of amides is 2. The molecule has 0 saturated heterocycles. The summed E-state index contributed by atoms with van der Waals surface area (Å²) in [6, 6.07) is 15.8. The third kappa shape index (κ3) is 3.27. The predicted molar refractivity (Wildman–Crippen MR) is 104 cm³/mol. The minimum absolute atomic E-state index is 0.187. The fraction of sp³-hybridized carbons (Fsp3) is 0.150. The Hall–Kier alpha value is -3.81. The second-order valence-electron chi connectivity index (χ2n) is 6.46. The molecule has 0 aliphatic carbocycles. The maximum Gasteiger partial charge on any atom is 0.329 e. The van der Waals surface area contributed by atoms with Gasteiger partial charge in [-0.1, -0.05) is 42.5 Å². The van der Waals surface area contributed by atoms with Gasteiger partial charge in [-0.2, -0.15) is 0 Å². The van der Waals surface area contributed by atoms with E-state index in [-0.39, 0.29) is 11.4 Å². The lowest BCUT2D eigenvalue weighted by atomic mass is 9.98. The second-order valence-corrected chi connectivity index (χ2v) is 6.46. The number of hydrogen-bond acceptors (Lipinski definition) is 4. The van der Waals surface area contributed by atoms with Crippen molar-refractivity contribution in [1.29, 1.82) is 0 Å². The number of urea groups is 1. The van der Waals surface area contributed by atoms with Gasteiger partial charge >= 0.3 is 11.7 Å². The highest BCUT2D eigenvalue weighted by Gasteiger charge is 2.30. The minimum Gasteiger partial charge on any atom is -0.489 e. The average Bonchev–Trinajstić information content (AvgIpc) is 2.71. The number of aromatic nitrogens is 2. The molecule has 0 saturated carbocycles. The first-order chi connectivity index (χ1) is 13.5. The monoisotopic (exact) mass is 378 g/mol. The van der Waals surface area contributed by atoms with Crippen LogP contribution in [0.15, 0.2) is 64.2 Å². The molecule has 1 aliphatic rings. The van der Waals surface area contributed by atoms with E-state index in [2.05, 4.69) is 15.6 Å². The molecule has 2 amide bonds. The van der Waals surface area contributed by atoms with Gasteiger partial charge in [0.2, 0.25) is 0 Å². The Kier molecular flexibility index (Phi) is 4.44. The van der Waals surface area contributed by atoms with Crippen LogP contribution in [-0.2, 0) is 13.7 Å². The molecule has 3 aromatic rings. The first-order valence-corrected chi connectivity index (χ1v) is 8.70. The van der Waals surface area contributed by atoms with Crippen LogP contribution in [0.25, 0.3) is 0 Å². The number of anilines is 1. The molecule has 0 radical (unpaired) electrons. The van der Waals surface area contributed by atoms with Crippen LogP contribution in [0.3, 0.4) is 0 Å². The van der Waals surface area contributed by atoms with Crippen LogP contribution < -0.4 is 26.6 Å². The highest BCUT2D eigenvalue weighted by Crippen LogP contribution is 2.29. The smallest absolute Gasteiger partial charge is 0.329 e. The van der Waals surface area contributed by atoms with E-state index in [1.54, 1.807) is 24.3 Å². The lowest BCUT2D eigenvalue weighted by molar-refractivity contribution is 0.248. The number of carbonyl (C=O) groups excluding carboxylic acids is 1. The Labute approximate surface area is 159 Å².